The molecule has 1 N–H and O–H groups in total. The number of rotatable bonds is 5. The molecule has 6 heteroatoms. The number of methoxy groups -OCH3 is 2. The molecule has 0 aliphatic carbocycles. The van der Waals surface area contributed by atoms with Crippen molar-refractivity contribution in [3.63, 3.8) is 0 Å². The topological polar surface area (TPSA) is 72.8 Å². The van der Waals surface area contributed by atoms with E-state index in [9.17, 15) is 19.1 Å². The molecule has 0 aromatic heterocycles. The van der Waals surface area contributed by atoms with Crippen LogP contribution in [-0.4, -0.2) is 31.1 Å². The molecular weight excluding hydrogens is 291 g/mol. The normalized spacial score (nSPS) is 10.5. The number of carbonyl (C=O) groups is 2. The number of ether oxygens (including phenoxy) is 2. The van der Waals surface area contributed by atoms with Crippen molar-refractivity contribution >= 4 is 22.5 Å². The van der Waals surface area contributed by atoms with Crippen LogP contribution in [0.4, 0.5) is 4.39 Å². The van der Waals surface area contributed by atoms with Gasteiger partial charge in [0.05, 0.1) is 20.6 Å². The molecule has 0 radical (unpaired) electrons. The van der Waals surface area contributed by atoms with Gasteiger partial charge in [0, 0.05) is 17.4 Å². The van der Waals surface area contributed by atoms with Gasteiger partial charge in [-0.25, -0.2) is 4.39 Å². The van der Waals surface area contributed by atoms with Crippen LogP contribution in [0, 0.1) is 5.82 Å². The van der Waals surface area contributed by atoms with E-state index in [0.717, 1.165) is 0 Å². The molecule has 0 bridgehead atoms. The number of aromatic hydroxyl groups is 1. The van der Waals surface area contributed by atoms with Crippen LogP contribution in [0.15, 0.2) is 24.3 Å². The summed E-state index contributed by atoms with van der Waals surface area (Å²) in [6, 6.07) is 5.82. The van der Waals surface area contributed by atoms with E-state index in [0.29, 0.717) is 10.9 Å². The van der Waals surface area contributed by atoms with Crippen LogP contribution in [0.3, 0.4) is 0 Å². The van der Waals surface area contributed by atoms with Gasteiger partial charge in [-0.05, 0) is 17.5 Å². The number of hydrogen-bond acceptors (Lipinski definition) is 5. The summed E-state index contributed by atoms with van der Waals surface area (Å²) in [4.78, 5) is 23.1. The van der Waals surface area contributed by atoms with Gasteiger partial charge in [-0.3, -0.25) is 9.59 Å². The minimum Gasteiger partial charge on any atom is -0.502 e. The summed E-state index contributed by atoms with van der Waals surface area (Å²) < 4.78 is 23.4. The number of fused-ring (bicyclic) bond motifs is 1. The summed E-state index contributed by atoms with van der Waals surface area (Å²) in [6.07, 6.45) is -0.00346. The van der Waals surface area contributed by atoms with Crippen molar-refractivity contribution in [1.82, 2.24) is 0 Å². The maximum Gasteiger partial charge on any atom is 0.305 e. The van der Waals surface area contributed by atoms with E-state index < -0.39 is 17.5 Å². The van der Waals surface area contributed by atoms with Gasteiger partial charge in [-0.2, -0.15) is 0 Å². The first-order valence-corrected chi connectivity index (χ1v) is 6.57. The zero-order chi connectivity index (χ0) is 16.3. The summed E-state index contributed by atoms with van der Waals surface area (Å²) in [7, 11) is 2.57. The first kappa shape index (κ1) is 15.8. The second-order valence-electron chi connectivity index (χ2n) is 4.68. The van der Waals surface area contributed by atoms with Crippen molar-refractivity contribution in [2.75, 3.05) is 14.2 Å². The van der Waals surface area contributed by atoms with Gasteiger partial charge in [-0.15, -0.1) is 0 Å². The lowest BCUT2D eigenvalue weighted by Crippen LogP contribution is -2.06. The molecule has 5 nitrogen and oxygen atoms in total. The van der Waals surface area contributed by atoms with Crippen molar-refractivity contribution in [3.05, 3.63) is 35.6 Å². The first-order valence-electron chi connectivity index (χ1n) is 6.57. The van der Waals surface area contributed by atoms with Crippen molar-refractivity contribution in [1.29, 1.82) is 0 Å². The van der Waals surface area contributed by atoms with E-state index in [2.05, 4.69) is 4.74 Å². The molecule has 0 unspecified atom stereocenters. The summed E-state index contributed by atoms with van der Waals surface area (Å²) in [5.41, 5.74) is 0.351. The zero-order valence-corrected chi connectivity index (χ0v) is 12.2. The molecule has 0 fully saturated rings. The maximum absolute atomic E-state index is 14.0. The Balaban J connectivity index is 2.36. The summed E-state index contributed by atoms with van der Waals surface area (Å²) in [6.45, 7) is 0. The van der Waals surface area contributed by atoms with E-state index in [-0.39, 0.29) is 29.8 Å². The highest BCUT2D eigenvalue weighted by Gasteiger charge is 2.15. The number of hydrogen-bond donors (Lipinski definition) is 1. The van der Waals surface area contributed by atoms with Gasteiger partial charge in [0.1, 0.15) is 0 Å². The second kappa shape index (κ2) is 6.43. The van der Waals surface area contributed by atoms with Gasteiger partial charge >= 0.3 is 5.97 Å². The van der Waals surface area contributed by atoms with E-state index in [1.807, 2.05) is 0 Å². The Kier molecular flexibility index (Phi) is 4.60. The van der Waals surface area contributed by atoms with Gasteiger partial charge in [0.15, 0.2) is 23.1 Å². The molecule has 0 atom stereocenters. The van der Waals surface area contributed by atoms with E-state index >= 15 is 0 Å². The smallest absolute Gasteiger partial charge is 0.305 e. The predicted octanol–water partition coefficient (Wildman–Crippen LogP) is 2.83. The monoisotopic (exact) mass is 306 g/mol. The number of phenols is 1. The molecule has 116 valence electrons. The Bertz CT molecular complexity index is 739. The van der Waals surface area contributed by atoms with E-state index in [1.54, 1.807) is 0 Å². The first-order chi connectivity index (χ1) is 10.5. The molecule has 2 aromatic carbocycles. The highest BCUT2D eigenvalue weighted by Crippen LogP contribution is 2.35. The molecule has 22 heavy (non-hydrogen) atoms. The van der Waals surface area contributed by atoms with E-state index in [4.69, 9.17) is 4.74 Å². The number of ketones is 1. The van der Waals surface area contributed by atoms with Crippen LogP contribution < -0.4 is 4.74 Å². The molecule has 0 saturated carbocycles. The average Bonchev–Trinajstić information content (AvgIpc) is 2.54. The van der Waals surface area contributed by atoms with Crippen molar-refractivity contribution in [3.8, 4) is 11.5 Å². The molecule has 0 saturated heterocycles. The van der Waals surface area contributed by atoms with Crippen LogP contribution in [0.1, 0.15) is 23.2 Å². The molecule has 2 aromatic rings. The summed E-state index contributed by atoms with van der Waals surface area (Å²) >= 11 is 0. The molecule has 0 spiro atoms. The predicted molar refractivity (Wildman–Crippen MR) is 77.7 cm³/mol. The Hall–Kier alpha value is -2.63. The molecule has 0 aliphatic heterocycles. The van der Waals surface area contributed by atoms with Crippen LogP contribution in [-0.2, 0) is 9.53 Å². The Morgan fingerprint density at radius 3 is 2.55 bits per heavy atom. The summed E-state index contributed by atoms with van der Waals surface area (Å²) in [5, 5.41) is 10.2. The molecule has 0 amide bonds. The largest absolute Gasteiger partial charge is 0.502 e. The number of phenolic OH excluding ortho intramolecular Hbond substituents is 1. The minimum atomic E-state index is -0.803. The fourth-order valence-corrected chi connectivity index (χ4v) is 2.12. The maximum atomic E-state index is 14.0. The quantitative estimate of drug-likeness (QED) is 0.679. The Morgan fingerprint density at radius 1 is 1.18 bits per heavy atom. The third-order valence-electron chi connectivity index (χ3n) is 3.34. The van der Waals surface area contributed by atoms with Crippen molar-refractivity contribution < 1.29 is 28.6 Å². The van der Waals surface area contributed by atoms with Gasteiger partial charge < -0.3 is 14.6 Å². The van der Waals surface area contributed by atoms with Gasteiger partial charge in [-0.1, -0.05) is 12.1 Å². The minimum absolute atomic E-state index is 0.00980. The number of esters is 1. The second-order valence-corrected chi connectivity index (χ2v) is 4.68. The van der Waals surface area contributed by atoms with E-state index in [1.165, 1.54) is 38.5 Å². The lowest BCUT2D eigenvalue weighted by atomic mass is 10.0. The lowest BCUT2D eigenvalue weighted by Gasteiger charge is -2.09. The Morgan fingerprint density at radius 2 is 1.91 bits per heavy atom. The highest BCUT2D eigenvalue weighted by atomic mass is 19.1. The zero-order valence-electron chi connectivity index (χ0n) is 12.2. The third kappa shape index (κ3) is 3.00. The molecular formula is C16H15FO5. The Labute approximate surface area is 126 Å². The number of Topliss-reactive ketones (excluding diaryl/α,β-unsaturated/α-hetero) is 1. The highest BCUT2D eigenvalue weighted by molar-refractivity contribution is 6.01. The number of halogens is 1. The molecule has 0 aliphatic rings. The average molecular weight is 306 g/mol. The fourth-order valence-electron chi connectivity index (χ4n) is 2.12. The van der Waals surface area contributed by atoms with Gasteiger partial charge in [0.2, 0.25) is 0 Å². The molecule has 2 rings (SSSR count). The van der Waals surface area contributed by atoms with Crippen LogP contribution >= 0.6 is 0 Å². The SMILES string of the molecule is COC(=O)CCC(=O)c1ccc2c(F)c(O)c(OC)cc2c1. The lowest BCUT2D eigenvalue weighted by molar-refractivity contribution is -0.140. The number of benzene rings is 2. The molecule has 0 heterocycles. The van der Waals surface area contributed by atoms with Crippen LogP contribution in [0.25, 0.3) is 10.8 Å². The number of carbonyl (C=O) groups excluding carboxylic acids is 2. The van der Waals surface area contributed by atoms with Gasteiger partial charge in [0.25, 0.3) is 0 Å². The van der Waals surface area contributed by atoms with Crippen LogP contribution in [0.2, 0.25) is 0 Å². The third-order valence-corrected chi connectivity index (χ3v) is 3.34. The fraction of sp³-hybridized carbons (Fsp3) is 0.250. The standard InChI is InChI=1S/C16H15FO5/c1-21-13-8-10-7-9(12(18)5-6-14(19)22-2)3-4-11(10)15(17)16(13)20/h3-4,7-8,20H,5-6H2,1-2H3. The van der Waals surface area contributed by atoms with Crippen LogP contribution in [0.5, 0.6) is 11.5 Å². The van der Waals surface area contributed by atoms with Crippen molar-refractivity contribution in [2.24, 2.45) is 0 Å². The van der Waals surface area contributed by atoms with Crippen molar-refractivity contribution in [2.45, 2.75) is 12.8 Å². The summed E-state index contributed by atoms with van der Waals surface area (Å²) in [5.74, 6) is -2.10.